The molecule has 1 N–H and O–H groups in total. The normalized spacial score (nSPS) is 17.0. The second-order valence-corrected chi connectivity index (χ2v) is 7.60. The molecule has 0 aromatic carbocycles. The van der Waals surface area contributed by atoms with Crippen LogP contribution >= 0.6 is 11.6 Å². The molecule has 1 aliphatic rings. The van der Waals surface area contributed by atoms with Crippen LogP contribution in [0, 0.1) is 6.92 Å². The van der Waals surface area contributed by atoms with Gasteiger partial charge in [0.25, 0.3) is 0 Å². The molecule has 0 spiro atoms. The van der Waals surface area contributed by atoms with Crippen molar-refractivity contribution in [2.45, 2.75) is 46.2 Å². The minimum Gasteiger partial charge on any atom is -0.360 e. The molecule has 8 nitrogen and oxygen atoms in total. The Bertz CT molecular complexity index is 809. The van der Waals surface area contributed by atoms with E-state index >= 15 is 0 Å². The van der Waals surface area contributed by atoms with Crippen LogP contribution < -0.4 is 5.32 Å². The summed E-state index contributed by atoms with van der Waals surface area (Å²) in [5.41, 5.74) is 2.18. The summed E-state index contributed by atoms with van der Waals surface area (Å²) in [6.45, 7) is 10.2. The molecular weight excluding hydrogens is 380 g/mol. The highest BCUT2D eigenvalue weighted by molar-refractivity contribution is 6.30. The lowest BCUT2D eigenvalue weighted by Gasteiger charge is -2.38. The smallest absolute Gasteiger partial charge is 0.242 e. The van der Waals surface area contributed by atoms with Crippen LogP contribution in [0.1, 0.15) is 37.3 Å². The number of aryl methyl sites for hydroxylation is 3. The summed E-state index contributed by atoms with van der Waals surface area (Å²) in [7, 11) is 1.88. The second kappa shape index (κ2) is 9.07. The van der Waals surface area contributed by atoms with Crippen molar-refractivity contribution in [1.29, 1.82) is 0 Å². The van der Waals surface area contributed by atoms with Crippen LogP contribution in [0.2, 0.25) is 5.15 Å². The van der Waals surface area contributed by atoms with Gasteiger partial charge in [0.05, 0.1) is 11.7 Å². The predicted octanol–water partition coefficient (Wildman–Crippen LogP) is 2.47. The Balaban J connectivity index is 1.57. The van der Waals surface area contributed by atoms with Crippen molar-refractivity contribution in [3.05, 3.63) is 28.2 Å². The first-order chi connectivity index (χ1) is 13.4. The van der Waals surface area contributed by atoms with E-state index in [-0.39, 0.29) is 11.9 Å². The standard InChI is InChI=1S/C19H29ClN6O2/c1-5-15-14(18(20)24(4)22-15)12-25-7-9-26(10-8-25)16(6-2)19(27)21-17-11-13(3)28-23-17/h11,16H,5-10,12H2,1-4H3,(H,21,23,27). The number of rotatable bonds is 7. The lowest BCUT2D eigenvalue weighted by Crippen LogP contribution is -2.53. The largest absolute Gasteiger partial charge is 0.360 e. The fraction of sp³-hybridized carbons (Fsp3) is 0.632. The number of carbonyl (C=O) groups is 1. The van der Waals surface area contributed by atoms with Gasteiger partial charge in [-0.05, 0) is 19.8 Å². The number of aromatic nitrogens is 3. The van der Waals surface area contributed by atoms with Crippen molar-refractivity contribution in [1.82, 2.24) is 24.7 Å². The van der Waals surface area contributed by atoms with Crippen LogP contribution in [0.4, 0.5) is 5.82 Å². The quantitative estimate of drug-likeness (QED) is 0.758. The van der Waals surface area contributed by atoms with E-state index in [1.54, 1.807) is 17.7 Å². The number of halogens is 1. The summed E-state index contributed by atoms with van der Waals surface area (Å²) in [4.78, 5) is 17.3. The number of amides is 1. The Morgan fingerprint density at radius 2 is 2.04 bits per heavy atom. The molecule has 1 aliphatic heterocycles. The average molecular weight is 409 g/mol. The Labute approximate surface area is 170 Å². The van der Waals surface area contributed by atoms with E-state index in [1.807, 2.05) is 14.0 Å². The van der Waals surface area contributed by atoms with Crippen LogP contribution in [-0.2, 0) is 24.8 Å². The summed E-state index contributed by atoms with van der Waals surface area (Å²) in [5, 5.41) is 11.9. The Morgan fingerprint density at radius 1 is 1.32 bits per heavy atom. The van der Waals surface area contributed by atoms with Gasteiger partial charge < -0.3 is 9.84 Å². The second-order valence-electron chi connectivity index (χ2n) is 7.24. The molecule has 0 radical (unpaired) electrons. The highest BCUT2D eigenvalue weighted by Crippen LogP contribution is 2.23. The molecular formula is C19H29ClN6O2. The topological polar surface area (TPSA) is 79.4 Å². The van der Waals surface area contributed by atoms with Gasteiger partial charge in [0.2, 0.25) is 5.91 Å². The number of piperazine rings is 1. The van der Waals surface area contributed by atoms with Gasteiger partial charge in [0.15, 0.2) is 5.82 Å². The van der Waals surface area contributed by atoms with E-state index in [4.69, 9.17) is 16.1 Å². The fourth-order valence-electron chi connectivity index (χ4n) is 3.74. The molecule has 28 heavy (non-hydrogen) atoms. The highest BCUT2D eigenvalue weighted by atomic mass is 35.5. The molecule has 0 saturated carbocycles. The maximum absolute atomic E-state index is 12.7. The van der Waals surface area contributed by atoms with Crippen LogP contribution in [0.25, 0.3) is 0 Å². The Kier molecular flexibility index (Phi) is 6.74. The molecule has 9 heteroatoms. The van der Waals surface area contributed by atoms with Crippen LogP contribution in [0.15, 0.2) is 10.6 Å². The minimum atomic E-state index is -0.174. The zero-order valence-corrected chi connectivity index (χ0v) is 17.8. The van der Waals surface area contributed by atoms with E-state index in [2.05, 4.69) is 32.3 Å². The third-order valence-electron chi connectivity index (χ3n) is 5.29. The SMILES string of the molecule is CCc1nn(C)c(Cl)c1CN1CCN(C(CC)C(=O)Nc2cc(C)on2)CC1. The fourth-order valence-corrected chi connectivity index (χ4v) is 3.95. The van der Waals surface area contributed by atoms with Crippen molar-refractivity contribution in [2.24, 2.45) is 7.05 Å². The first-order valence-corrected chi connectivity index (χ1v) is 10.2. The van der Waals surface area contributed by atoms with E-state index in [1.165, 1.54) is 0 Å². The summed E-state index contributed by atoms with van der Waals surface area (Å²) in [6, 6.07) is 1.55. The number of carbonyl (C=O) groups excluding carboxylic acids is 1. The minimum absolute atomic E-state index is 0.0344. The molecule has 1 unspecified atom stereocenters. The highest BCUT2D eigenvalue weighted by Gasteiger charge is 2.29. The zero-order chi connectivity index (χ0) is 20.3. The third-order valence-corrected chi connectivity index (χ3v) is 5.76. The number of hydrogen-bond acceptors (Lipinski definition) is 6. The van der Waals surface area contributed by atoms with Crippen molar-refractivity contribution >= 4 is 23.3 Å². The van der Waals surface area contributed by atoms with E-state index in [0.29, 0.717) is 16.7 Å². The van der Waals surface area contributed by atoms with Crippen LogP contribution in [0.3, 0.4) is 0 Å². The van der Waals surface area contributed by atoms with E-state index in [0.717, 1.165) is 56.8 Å². The molecule has 1 fully saturated rings. The van der Waals surface area contributed by atoms with Crippen molar-refractivity contribution in [2.75, 3.05) is 31.5 Å². The lowest BCUT2D eigenvalue weighted by atomic mass is 10.1. The van der Waals surface area contributed by atoms with Gasteiger partial charge >= 0.3 is 0 Å². The summed E-state index contributed by atoms with van der Waals surface area (Å²) >= 11 is 6.43. The molecule has 154 valence electrons. The molecule has 2 aromatic rings. The Hall–Kier alpha value is -1.90. The van der Waals surface area contributed by atoms with E-state index in [9.17, 15) is 4.79 Å². The van der Waals surface area contributed by atoms with Gasteiger partial charge in [-0.25, -0.2) is 0 Å². The molecule has 2 aromatic heterocycles. The Morgan fingerprint density at radius 3 is 2.61 bits per heavy atom. The van der Waals surface area contributed by atoms with Gasteiger partial charge in [0, 0.05) is 51.4 Å². The van der Waals surface area contributed by atoms with Gasteiger partial charge in [-0.1, -0.05) is 30.6 Å². The number of hydrogen-bond donors (Lipinski definition) is 1. The molecule has 0 bridgehead atoms. The third kappa shape index (κ3) is 4.56. The predicted molar refractivity (Wildman–Crippen MR) is 108 cm³/mol. The lowest BCUT2D eigenvalue weighted by molar-refractivity contribution is -0.122. The van der Waals surface area contributed by atoms with E-state index < -0.39 is 0 Å². The first kappa shape index (κ1) is 20.8. The summed E-state index contributed by atoms with van der Waals surface area (Å²) in [6.07, 6.45) is 1.62. The van der Waals surface area contributed by atoms with Crippen molar-refractivity contribution in [3.8, 4) is 0 Å². The molecule has 1 amide bonds. The monoisotopic (exact) mass is 408 g/mol. The van der Waals surface area contributed by atoms with Crippen molar-refractivity contribution in [3.63, 3.8) is 0 Å². The molecule has 0 aliphatic carbocycles. The summed E-state index contributed by atoms with van der Waals surface area (Å²) in [5.74, 6) is 1.11. The summed E-state index contributed by atoms with van der Waals surface area (Å²) < 4.78 is 6.77. The molecule has 3 heterocycles. The molecule has 1 saturated heterocycles. The maximum atomic E-state index is 12.7. The zero-order valence-electron chi connectivity index (χ0n) is 17.0. The van der Waals surface area contributed by atoms with Gasteiger partial charge in [-0.3, -0.25) is 19.3 Å². The van der Waals surface area contributed by atoms with Gasteiger partial charge in [-0.15, -0.1) is 0 Å². The molecule has 1 atom stereocenters. The van der Waals surface area contributed by atoms with Crippen LogP contribution in [-0.4, -0.2) is 62.9 Å². The van der Waals surface area contributed by atoms with Gasteiger partial charge in [0.1, 0.15) is 10.9 Å². The maximum Gasteiger partial charge on any atom is 0.242 e. The van der Waals surface area contributed by atoms with Crippen LogP contribution in [0.5, 0.6) is 0 Å². The number of nitrogens with zero attached hydrogens (tertiary/aromatic N) is 5. The number of nitrogens with one attached hydrogen (secondary N) is 1. The van der Waals surface area contributed by atoms with Gasteiger partial charge in [-0.2, -0.15) is 5.10 Å². The first-order valence-electron chi connectivity index (χ1n) is 9.83. The average Bonchev–Trinajstić information content (AvgIpc) is 3.21. The van der Waals surface area contributed by atoms with Crippen molar-refractivity contribution < 1.29 is 9.32 Å². The number of anilines is 1. The molecule has 3 rings (SSSR count).